The molecule has 286 valence electrons. The predicted molar refractivity (Wildman–Crippen MR) is 220 cm³/mol. The van der Waals surface area contributed by atoms with Gasteiger partial charge in [0.2, 0.25) is 0 Å². The molecule has 0 atom stereocenters. The maximum atomic E-state index is 13.7. The average molecular weight is 743 g/mol. The van der Waals surface area contributed by atoms with Gasteiger partial charge < -0.3 is 29.8 Å². The molecule has 55 heavy (non-hydrogen) atoms. The summed E-state index contributed by atoms with van der Waals surface area (Å²) in [5.74, 6) is -0.630. The van der Waals surface area contributed by atoms with Crippen molar-refractivity contribution < 1.29 is 19.8 Å². The summed E-state index contributed by atoms with van der Waals surface area (Å²) in [6, 6.07) is 26.7. The van der Waals surface area contributed by atoms with Crippen LogP contribution in [0.1, 0.15) is 61.3 Å². The van der Waals surface area contributed by atoms with E-state index in [0.29, 0.717) is 43.0 Å². The van der Waals surface area contributed by atoms with Gasteiger partial charge in [-0.1, -0.05) is 50.2 Å². The summed E-state index contributed by atoms with van der Waals surface area (Å²) < 4.78 is 0. The standard InChI is InChI=1S/C43H50N8O4/c1-7-20-50(22-24-52)41(54)29-26-30(42(55)51(21-8-2)23-25-53)28-31(27-29)44-45-35-16-17-36(33-13-10-9-12-32(33)35)46-47-37-18-19-39-40-34(37)14-11-15-38(40)48(5)43(3,4)49(39)6/h9-19,26-28,52-53H,7-8,20-25H2,1-6H3/b45-44-,47-46?. The molecule has 0 bridgehead atoms. The average Bonchev–Trinajstić information content (AvgIpc) is 3.20. The number of fused-ring (bicyclic) bond motifs is 1. The van der Waals surface area contributed by atoms with Gasteiger partial charge in [0.1, 0.15) is 5.66 Å². The van der Waals surface area contributed by atoms with Crippen molar-refractivity contribution in [2.45, 2.75) is 46.2 Å². The van der Waals surface area contributed by atoms with Crippen LogP contribution in [0.15, 0.2) is 105 Å². The molecule has 0 saturated heterocycles. The number of rotatable bonds is 14. The third-order valence-corrected chi connectivity index (χ3v) is 10.5. The summed E-state index contributed by atoms with van der Waals surface area (Å²) in [5, 5.41) is 41.7. The lowest BCUT2D eigenvalue weighted by atomic mass is 9.97. The van der Waals surface area contributed by atoms with E-state index in [2.05, 4.69) is 72.2 Å². The van der Waals surface area contributed by atoms with E-state index in [9.17, 15) is 19.8 Å². The van der Waals surface area contributed by atoms with Crippen molar-refractivity contribution in [2.75, 3.05) is 63.3 Å². The van der Waals surface area contributed by atoms with Crippen molar-refractivity contribution >= 4 is 67.5 Å². The van der Waals surface area contributed by atoms with E-state index in [1.807, 2.05) is 56.3 Å². The highest BCUT2D eigenvalue weighted by molar-refractivity contribution is 6.10. The molecule has 0 saturated carbocycles. The molecule has 2 N–H and O–H groups in total. The minimum absolute atomic E-state index is 0.166. The second-order valence-corrected chi connectivity index (χ2v) is 14.3. The normalized spacial score (nSPS) is 13.7. The van der Waals surface area contributed by atoms with Crippen LogP contribution in [0.4, 0.5) is 34.1 Å². The fourth-order valence-electron chi connectivity index (χ4n) is 7.17. The highest BCUT2D eigenvalue weighted by Gasteiger charge is 2.35. The van der Waals surface area contributed by atoms with Crippen LogP contribution in [0.5, 0.6) is 0 Å². The molecular weight excluding hydrogens is 693 g/mol. The van der Waals surface area contributed by atoms with Gasteiger partial charge in [-0.3, -0.25) is 9.59 Å². The molecule has 12 nitrogen and oxygen atoms in total. The summed E-state index contributed by atoms with van der Waals surface area (Å²) in [6.45, 7) is 9.19. The van der Waals surface area contributed by atoms with Gasteiger partial charge in [0.05, 0.1) is 36.0 Å². The third-order valence-electron chi connectivity index (χ3n) is 10.5. The first-order chi connectivity index (χ1) is 26.5. The van der Waals surface area contributed by atoms with Crippen LogP contribution in [-0.4, -0.2) is 91.0 Å². The molecular formula is C43H50N8O4. The largest absolute Gasteiger partial charge is 0.395 e. The van der Waals surface area contributed by atoms with Crippen molar-refractivity contribution in [1.82, 2.24) is 9.80 Å². The highest BCUT2D eigenvalue weighted by atomic mass is 16.3. The van der Waals surface area contributed by atoms with Gasteiger partial charge in [0, 0.05) is 84.3 Å². The Balaban J connectivity index is 1.36. The van der Waals surface area contributed by atoms with E-state index in [1.54, 1.807) is 28.0 Å². The minimum atomic E-state index is -0.315. The Hall–Kier alpha value is -5.72. The van der Waals surface area contributed by atoms with Gasteiger partial charge in [-0.05, 0) is 75.2 Å². The Bertz CT molecular complexity index is 2190. The fourth-order valence-corrected chi connectivity index (χ4v) is 7.17. The molecule has 0 aromatic heterocycles. The molecule has 0 fully saturated rings. The predicted octanol–water partition coefficient (Wildman–Crippen LogP) is 9.13. The first-order valence-corrected chi connectivity index (χ1v) is 18.9. The molecule has 0 spiro atoms. The molecule has 0 radical (unpaired) electrons. The molecule has 1 heterocycles. The van der Waals surface area contributed by atoms with E-state index < -0.39 is 0 Å². The van der Waals surface area contributed by atoms with Gasteiger partial charge in [0.25, 0.3) is 11.8 Å². The number of carbonyl (C=O) groups is 2. The molecule has 0 aliphatic carbocycles. The zero-order chi connectivity index (χ0) is 39.3. The SMILES string of the molecule is CCCN(CCO)C(=O)c1cc(/N=N\c2ccc(N=Nc3ccc4c5c(cccc35)N(C)C(C)(C)N4C)c3ccccc23)cc(C(=O)N(CCC)CCO)c1. The molecule has 6 rings (SSSR count). The number of amides is 2. The molecule has 0 unspecified atom stereocenters. The lowest BCUT2D eigenvalue weighted by Gasteiger charge is -2.49. The first-order valence-electron chi connectivity index (χ1n) is 18.9. The number of anilines is 2. The second kappa shape index (κ2) is 16.7. The molecule has 1 aliphatic rings. The van der Waals surface area contributed by atoms with Gasteiger partial charge in [-0.15, -0.1) is 15.3 Å². The fraction of sp³-hybridized carbons (Fsp3) is 0.349. The van der Waals surface area contributed by atoms with Crippen LogP contribution in [0.2, 0.25) is 0 Å². The van der Waals surface area contributed by atoms with E-state index in [-0.39, 0.29) is 54.9 Å². The summed E-state index contributed by atoms with van der Waals surface area (Å²) in [6.07, 6.45) is 1.41. The molecule has 12 heteroatoms. The Morgan fingerprint density at radius 1 is 0.600 bits per heavy atom. The van der Waals surface area contributed by atoms with Crippen LogP contribution in [0.3, 0.4) is 0 Å². The molecule has 1 aliphatic heterocycles. The van der Waals surface area contributed by atoms with E-state index in [1.165, 1.54) is 0 Å². The van der Waals surface area contributed by atoms with Crippen LogP contribution >= 0.6 is 0 Å². The minimum Gasteiger partial charge on any atom is -0.395 e. The van der Waals surface area contributed by atoms with Crippen molar-refractivity contribution in [3.8, 4) is 0 Å². The van der Waals surface area contributed by atoms with E-state index in [4.69, 9.17) is 10.2 Å². The molecule has 5 aromatic carbocycles. The number of hydrogen-bond donors (Lipinski definition) is 2. The number of benzene rings is 5. The number of hydrogen-bond acceptors (Lipinski definition) is 10. The summed E-state index contributed by atoms with van der Waals surface area (Å²) in [5.41, 5.74) is 4.97. The quantitative estimate of drug-likeness (QED) is 0.109. The van der Waals surface area contributed by atoms with Crippen LogP contribution in [0, 0.1) is 0 Å². The Labute approximate surface area is 322 Å². The van der Waals surface area contributed by atoms with Crippen molar-refractivity contribution in [1.29, 1.82) is 0 Å². The van der Waals surface area contributed by atoms with Crippen molar-refractivity contribution in [2.24, 2.45) is 20.5 Å². The van der Waals surface area contributed by atoms with Crippen LogP contribution in [-0.2, 0) is 0 Å². The van der Waals surface area contributed by atoms with E-state index >= 15 is 0 Å². The Morgan fingerprint density at radius 3 is 1.56 bits per heavy atom. The summed E-state index contributed by atoms with van der Waals surface area (Å²) >= 11 is 0. The zero-order valence-electron chi connectivity index (χ0n) is 32.5. The number of aliphatic hydroxyl groups is 2. The van der Waals surface area contributed by atoms with Crippen LogP contribution in [0.25, 0.3) is 21.5 Å². The summed E-state index contributed by atoms with van der Waals surface area (Å²) in [7, 11) is 4.23. The smallest absolute Gasteiger partial charge is 0.254 e. The third kappa shape index (κ3) is 7.78. The van der Waals surface area contributed by atoms with Crippen LogP contribution < -0.4 is 9.80 Å². The summed E-state index contributed by atoms with van der Waals surface area (Å²) in [4.78, 5) is 35.0. The molecule has 2 amide bonds. The first kappa shape index (κ1) is 39.0. The van der Waals surface area contributed by atoms with E-state index in [0.717, 1.165) is 38.6 Å². The number of nitrogens with zero attached hydrogens (tertiary/aromatic N) is 8. The molecule has 5 aromatic rings. The Morgan fingerprint density at radius 2 is 1.05 bits per heavy atom. The maximum absolute atomic E-state index is 13.7. The topological polar surface area (TPSA) is 137 Å². The van der Waals surface area contributed by atoms with Gasteiger partial charge in [-0.25, -0.2) is 0 Å². The lowest BCUT2D eigenvalue weighted by molar-refractivity contribution is 0.0719. The Kier molecular flexibility index (Phi) is 11.9. The number of carbonyl (C=O) groups excluding carboxylic acids is 2. The number of azo groups is 2. The van der Waals surface area contributed by atoms with Gasteiger partial charge in [0.15, 0.2) is 0 Å². The lowest BCUT2D eigenvalue weighted by Crippen LogP contribution is -2.56. The van der Waals surface area contributed by atoms with Crippen molar-refractivity contribution in [3.05, 3.63) is 96.1 Å². The van der Waals surface area contributed by atoms with Gasteiger partial charge in [-0.2, -0.15) is 5.11 Å². The monoisotopic (exact) mass is 742 g/mol. The van der Waals surface area contributed by atoms with Crippen molar-refractivity contribution in [3.63, 3.8) is 0 Å². The second-order valence-electron chi connectivity index (χ2n) is 14.3. The van der Waals surface area contributed by atoms with Gasteiger partial charge >= 0.3 is 0 Å². The zero-order valence-corrected chi connectivity index (χ0v) is 32.5. The highest BCUT2D eigenvalue weighted by Crippen LogP contribution is 2.47. The maximum Gasteiger partial charge on any atom is 0.254 e. The number of aliphatic hydroxyl groups excluding tert-OH is 2.